The number of aromatic nitrogens is 1. The average molecular weight is 283 g/mol. The van der Waals surface area contributed by atoms with Gasteiger partial charge in [0.2, 0.25) is 0 Å². The van der Waals surface area contributed by atoms with Gasteiger partial charge in [0.15, 0.2) is 0 Å². The summed E-state index contributed by atoms with van der Waals surface area (Å²) in [5.41, 5.74) is 4.97. The number of pyridine rings is 1. The molecule has 1 heterocycles. The Kier molecular flexibility index (Phi) is 4.73. The molecule has 3 heteroatoms. The molecule has 2 aromatic rings. The van der Waals surface area contributed by atoms with Crippen molar-refractivity contribution in [2.45, 2.75) is 33.6 Å². The predicted molar refractivity (Wildman–Crippen MR) is 83.9 cm³/mol. The zero-order valence-corrected chi connectivity index (χ0v) is 13.1. The fourth-order valence-corrected chi connectivity index (χ4v) is 2.55. The quantitative estimate of drug-likeness (QED) is 0.844. The minimum atomic E-state index is 0.169. The summed E-state index contributed by atoms with van der Waals surface area (Å²) in [6, 6.07) is 8.05. The summed E-state index contributed by atoms with van der Waals surface area (Å²) in [5.74, 6) is 0.991. The second kappa shape index (κ2) is 6.53. The number of methoxy groups -OCH3 is 1. The molecular weight excluding hydrogens is 262 g/mol. The van der Waals surface area contributed by atoms with E-state index in [1.807, 2.05) is 45.0 Å². The van der Waals surface area contributed by atoms with E-state index in [0.29, 0.717) is 12.8 Å². The van der Waals surface area contributed by atoms with Crippen LogP contribution in [-0.2, 0) is 17.6 Å². The highest BCUT2D eigenvalue weighted by molar-refractivity contribution is 5.83. The molecule has 0 aliphatic carbocycles. The predicted octanol–water partition coefficient (Wildman–Crippen LogP) is 3.37. The largest absolute Gasteiger partial charge is 0.496 e. The molecule has 0 saturated carbocycles. The maximum atomic E-state index is 12.2. The first-order valence-electron chi connectivity index (χ1n) is 7.07. The van der Waals surface area contributed by atoms with Crippen molar-refractivity contribution in [3.8, 4) is 5.75 Å². The number of hydrogen-bond acceptors (Lipinski definition) is 3. The lowest BCUT2D eigenvalue weighted by Gasteiger charge is -2.11. The van der Waals surface area contributed by atoms with Crippen LogP contribution in [0.25, 0.3) is 0 Å². The highest BCUT2D eigenvalue weighted by Crippen LogP contribution is 2.24. The Morgan fingerprint density at radius 1 is 1.19 bits per heavy atom. The van der Waals surface area contributed by atoms with Crippen molar-refractivity contribution in [2.24, 2.45) is 0 Å². The van der Waals surface area contributed by atoms with E-state index in [0.717, 1.165) is 28.1 Å². The number of ether oxygens (including phenoxy) is 1. The molecule has 0 amide bonds. The van der Waals surface area contributed by atoms with Gasteiger partial charge in [-0.05, 0) is 26.3 Å². The maximum absolute atomic E-state index is 12.2. The molecule has 0 fully saturated rings. The highest BCUT2D eigenvalue weighted by Gasteiger charge is 2.13. The van der Waals surface area contributed by atoms with Gasteiger partial charge in [0.05, 0.1) is 12.8 Å². The van der Waals surface area contributed by atoms with Crippen LogP contribution < -0.4 is 4.74 Å². The van der Waals surface area contributed by atoms with Gasteiger partial charge in [-0.3, -0.25) is 9.78 Å². The number of hydrogen-bond donors (Lipinski definition) is 0. The zero-order chi connectivity index (χ0) is 15.4. The number of benzene rings is 1. The van der Waals surface area contributed by atoms with Gasteiger partial charge in [-0.2, -0.15) is 0 Å². The first-order chi connectivity index (χ1) is 10.0. The van der Waals surface area contributed by atoms with Gasteiger partial charge in [-0.25, -0.2) is 0 Å². The number of carbonyl (C=O) groups excluding carboxylic acids is 1. The molecule has 0 saturated heterocycles. The van der Waals surface area contributed by atoms with Gasteiger partial charge < -0.3 is 4.74 Å². The first kappa shape index (κ1) is 15.2. The van der Waals surface area contributed by atoms with Gasteiger partial charge in [0.1, 0.15) is 11.5 Å². The Morgan fingerprint density at radius 3 is 2.62 bits per heavy atom. The molecule has 0 spiro atoms. The fraction of sp³-hybridized carbons (Fsp3) is 0.333. The van der Waals surface area contributed by atoms with Crippen LogP contribution in [0.15, 0.2) is 30.5 Å². The van der Waals surface area contributed by atoms with E-state index in [-0.39, 0.29) is 5.78 Å². The minimum Gasteiger partial charge on any atom is -0.496 e. The lowest BCUT2D eigenvalue weighted by atomic mass is 10.0. The Hall–Kier alpha value is -2.16. The van der Waals surface area contributed by atoms with Crippen molar-refractivity contribution in [3.63, 3.8) is 0 Å². The third-order valence-electron chi connectivity index (χ3n) is 3.60. The van der Waals surface area contributed by atoms with E-state index in [2.05, 4.69) is 4.98 Å². The normalized spacial score (nSPS) is 10.5. The van der Waals surface area contributed by atoms with Crippen molar-refractivity contribution in [3.05, 3.63) is 58.4 Å². The Balaban J connectivity index is 2.13. The fourth-order valence-electron chi connectivity index (χ4n) is 2.55. The van der Waals surface area contributed by atoms with Gasteiger partial charge in [-0.1, -0.05) is 29.8 Å². The number of rotatable bonds is 5. The molecule has 3 nitrogen and oxygen atoms in total. The van der Waals surface area contributed by atoms with Crippen LogP contribution in [-0.4, -0.2) is 17.9 Å². The topological polar surface area (TPSA) is 39.2 Å². The number of carbonyl (C=O) groups is 1. The summed E-state index contributed by atoms with van der Waals surface area (Å²) in [6.07, 6.45) is 2.55. The number of ketones is 1. The molecule has 0 aliphatic rings. The molecule has 0 bridgehead atoms. The van der Waals surface area contributed by atoms with E-state index in [1.165, 1.54) is 5.56 Å². The molecule has 2 rings (SSSR count). The molecular formula is C18H21NO2. The van der Waals surface area contributed by atoms with Crippen LogP contribution in [0, 0.1) is 20.8 Å². The molecule has 0 unspecified atom stereocenters. The third-order valence-corrected chi connectivity index (χ3v) is 3.60. The van der Waals surface area contributed by atoms with E-state index < -0.39 is 0 Å². The molecule has 0 N–H and O–H groups in total. The summed E-state index contributed by atoms with van der Waals surface area (Å²) < 4.78 is 5.38. The molecule has 1 aromatic heterocycles. The van der Waals surface area contributed by atoms with Crippen LogP contribution in [0.4, 0.5) is 0 Å². The maximum Gasteiger partial charge on any atom is 0.143 e. The van der Waals surface area contributed by atoms with Crippen molar-refractivity contribution in [1.29, 1.82) is 0 Å². The van der Waals surface area contributed by atoms with E-state index in [1.54, 1.807) is 13.3 Å². The van der Waals surface area contributed by atoms with Gasteiger partial charge in [0.25, 0.3) is 0 Å². The second-order valence-corrected chi connectivity index (χ2v) is 5.43. The van der Waals surface area contributed by atoms with Crippen molar-refractivity contribution in [2.75, 3.05) is 7.11 Å². The monoisotopic (exact) mass is 283 g/mol. The molecule has 0 radical (unpaired) electrons. The Labute approximate surface area is 126 Å². The summed E-state index contributed by atoms with van der Waals surface area (Å²) >= 11 is 0. The average Bonchev–Trinajstić information content (AvgIpc) is 2.42. The van der Waals surface area contributed by atoms with Crippen LogP contribution in [0.1, 0.15) is 27.9 Å². The SMILES string of the molecule is COc1c(C)cnc(CC(=O)Cc2cccc(C)c2)c1C. The van der Waals surface area contributed by atoms with E-state index in [9.17, 15) is 4.79 Å². The molecule has 0 atom stereocenters. The van der Waals surface area contributed by atoms with Crippen LogP contribution in [0.2, 0.25) is 0 Å². The van der Waals surface area contributed by atoms with Crippen molar-refractivity contribution < 1.29 is 9.53 Å². The Morgan fingerprint density at radius 2 is 1.95 bits per heavy atom. The number of nitrogens with zero attached hydrogens (tertiary/aromatic N) is 1. The van der Waals surface area contributed by atoms with E-state index in [4.69, 9.17) is 4.74 Å². The van der Waals surface area contributed by atoms with Crippen LogP contribution in [0.3, 0.4) is 0 Å². The van der Waals surface area contributed by atoms with Gasteiger partial charge >= 0.3 is 0 Å². The highest BCUT2D eigenvalue weighted by atomic mass is 16.5. The van der Waals surface area contributed by atoms with Gasteiger partial charge in [0, 0.05) is 30.2 Å². The summed E-state index contributed by atoms with van der Waals surface area (Å²) in [6.45, 7) is 5.94. The molecule has 110 valence electrons. The lowest BCUT2D eigenvalue weighted by Crippen LogP contribution is -2.10. The molecule has 0 aliphatic heterocycles. The third kappa shape index (κ3) is 3.69. The van der Waals surface area contributed by atoms with Crippen molar-refractivity contribution >= 4 is 5.78 Å². The second-order valence-electron chi connectivity index (χ2n) is 5.43. The van der Waals surface area contributed by atoms with E-state index >= 15 is 0 Å². The summed E-state index contributed by atoms with van der Waals surface area (Å²) in [4.78, 5) is 16.6. The summed E-state index contributed by atoms with van der Waals surface area (Å²) in [5, 5.41) is 0. The van der Waals surface area contributed by atoms with Crippen LogP contribution >= 0.6 is 0 Å². The molecule has 21 heavy (non-hydrogen) atoms. The van der Waals surface area contributed by atoms with Crippen molar-refractivity contribution in [1.82, 2.24) is 4.98 Å². The van der Waals surface area contributed by atoms with Gasteiger partial charge in [-0.15, -0.1) is 0 Å². The zero-order valence-electron chi connectivity index (χ0n) is 13.1. The minimum absolute atomic E-state index is 0.169. The van der Waals surface area contributed by atoms with Crippen LogP contribution in [0.5, 0.6) is 5.75 Å². The number of Topliss-reactive ketones (excluding diaryl/α,β-unsaturated/α-hetero) is 1. The smallest absolute Gasteiger partial charge is 0.143 e. The summed E-state index contributed by atoms with van der Waals surface area (Å²) in [7, 11) is 1.65. The Bertz CT molecular complexity index is 662. The standard InChI is InChI=1S/C18H21NO2/c1-12-6-5-7-15(8-12)9-16(20)10-17-14(3)18(21-4)13(2)11-19-17/h5-8,11H,9-10H2,1-4H3. The molecule has 1 aromatic carbocycles. The first-order valence-corrected chi connectivity index (χ1v) is 7.07. The lowest BCUT2D eigenvalue weighted by molar-refractivity contribution is -0.117. The number of aryl methyl sites for hydroxylation is 2.